The lowest BCUT2D eigenvalue weighted by Crippen LogP contribution is -2.26. The first-order chi connectivity index (χ1) is 10.1. The molecule has 1 fully saturated rings. The van der Waals surface area contributed by atoms with E-state index in [1.54, 1.807) is 30.6 Å². The van der Waals surface area contributed by atoms with Crippen LogP contribution in [0.4, 0.5) is 4.39 Å². The second-order valence-corrected chi connectivity index (χ2v) is 6.28. The summed E-state index contributed by atoms with van der Waals surface area (Å²) in [4.78, 5) is 15.8. The van der Waals surface area contributed by atoms with Crippen molar-refractivity contribution >= 4 is 17.2 Å². The number of aryl methyl sites for hydroxylation is 2. The number of likely N-dealkylation sites (tertiary alicyclic amines) is 1. The highest BCUT2D eigenvalue weighted by molar-refractivity contribution is 7.13. The van der Waals surface area contributed by atoms with Gasteiger partial charge in [0.15, 0.2) is 0 Å². The molecule has 4 nitrogen and oxygen atoms in total. The first-order valence-corrected chi connectivity index (χ1v) is 7.82. The Balaban J connectivity index is 0.000000173. The van der Waals surface area contributed by atoms with Crippen molar-refractivity contribution in [1.82, 2.24) is 14.7 Å². The van der Waals surface area contributed by atoms with Gasteiger partial charge in [-0.25, -0.2) is 4.39 Å². The van der Waals surface area contributed by atoms with Gasteiger partial charge in [0, 0.05) is 31.2 Å². The summed E-state index contributed by atoms with van der Waals surface area (Å²) in [6, 6.07) is 5.59. The summed E-state index contributed by atoms with van der Waals surface area (Å²) < 4.78 is 13.3. The molecule has 0 saturated carbocycles. The van der Waals surface area contributed by atoms with Crippen LogP contribution in [0.3, 0.4) is 0 Å². The van der Waals surface area contributed by atoms with Gasteiger partial charge in [0.25, 0.3) is 5.91 Å². The van der Waals surface area contributed by atoms with Crippen LogP contribution in [0.5, 0.6) is 0 Å². The number of alkyl halides is 1. The molecule has 2 aromatic rings. The number of hydrogen-bond acceptors (Lipinski definition) is 3. The number of amides is 1. The third-order valence-electron chi connectivity index (χ3n) is 3.40. The largest absolute Gasteiger partial charge is 0.338 e. The van der Waals surface area contributed by atoms with Gasteiger partial charge in [-0.05, 0) is 38.0 Å². The molecular weight excluding hydrogens is 289 g/mol. The summed E-state index contributed by atoms with van der Waals surface area (Å²) in [5.41, 5.74) is 0.616. The van der Waals surface area contributed by atoms with E-state index in [4.69, 9.17) is 0 Å². The van der Waals surface area contributed by atoms with Crippen LogP contribution < -0.4 is 0 Å². The average molecular weight is 309 g/mol. The number of hydrogen-bond donors (Lipinski definition) is 0. The molecule has 0 bridgehead atoms. The lowest BCUT2D eigenvalue weighted by molar-refractivity contribution is 0.0797. The molecule has 0 N–H and O–H groups in total. The lowest BCUT2D eigenvalue weighted by Gasteiger charge is -2.13. The predicted octanol–water partition coefficient (Wildman–Crippen LogP) is 3.18. The van der Waals surface area contributed by atoms with Crippen molar-refractivity contribution < 1.29 is 9.18 Å². The van der Waals surface area contributed by atoms with Crippen molar-refractivity contribution in [3.8, 4) is 0 Å². The second kappa shape index (κ2) is 7.36. The van der Waals surface area contributed by atoms with Crippen LogP contribution in [0.15, 0.2) is 24.4 Å². The van der Waals surface area contributed by atoms with Gasteiger partial charge in [-0.3, -0.25) is 9.48 Å². The molecule has 0 spiro atoms. The third kappa shape index (κ3) is 4.14. The first-order valence-electron chi connectivity index (χ1n) is 7.00. The molecule has 1 amide bonds. The molecule has 0 unspecified atom stereocenters. The number of aromatic nitrogens is 2. The Morgan fingerprint density at radius 1 is 1.33 bits per heavy atom. The molecule has 6 heteroatoms. The second-order valence-electron chi connectivity index (χ2n) is 4.99. The smallest absolute Gasteiger partial charge is 0.263 e. The molecule has 1 aliphatic heterocycles. The van der Waals surface area contributed by atoms with E-state index in [1.165, 1.54) is 9.56 Å². The summed E-state index contributed by atoms with van der Waals surface area (Å²) >= 11 is 1.59. The minimum absolute atomic E-state index is 0.218. The fourth-order valence-electron chi connectivity index (χ4n) is 2.16. The zero-order valence-electron chi connectivity index (χ0n) is 12.4. The highest BCUT2D eigenvalue weighted by atomic mass is 32.1. The molecule has 2 aromatic heterocycles. The number of nitrogens with zero attached hydrogens (tertiary/aromatic N) is 3. The summed E-state index contributed by atoms with van der Waals surface area (Å²) in [5, 5.41) is 3.76. The van der Waals surface area contributed by atoms with Gasteiger partial charge in [-0.1, -0.05) is 0 Å². The fraction of sp³-hybridized carbons (Fsp3) is 0.467. The topological polar surface area (TPSA) is 38.1 Å². The number of thiophene rings is 1. The van der Waals surface area contributed by atoms with Gasteiger partial charge in [0.05, 0.1) is 10.6 Å². The van der Waals surface area contributed by atoms with Crippen molar-refractivity contribution in [3.05, 3.63) is 39.8 Å². The molecule has 21 heavy (non-hydrogen) atoms. The van der Waals surface area contributed by atoms with Crippen molar-refractivity contribution in [2.24, 2.45) is 7.05 Å². The van der Waals surface area contributed by atoms with Crippen LogP contribution in [-0.4, -0.2) is 33.7 Å². The number of halogens is 1. The van der Waals surface area contributed by atoms with E-state index in [-0.39, 0.29) is 5.91 Å². The van der Waals surface area contributed by atoms with E-state index < -0.39 is 6.67 Å². The molecule has 0 aromatic carbocycles. The highest BCUT2D eigenvalue weighted by Gasteiger charge is 2.20. The summed E-state index contributed by atoms with van der Waals surface area (Å²) in [7, 11) is 1.72. The Labute approximate surface area is 128 Å². The van der Waals surface area contributed by atoms with E-state index in [9.17, 15) is 9.18 Å². The van der Waals surface area contributed by atoms with Gasteiger partial charge in [-0.15, -0.1) is 11.3 Å². The van der Waals surface area contributed by atoms with Crippen LogP contribution in [0.2, 0.25) is 0 Å². The van der Waals surface area contributed by atoms with Gasteiger partial charge in [-0.2, -0.15) is 5.10 Å². The Morgan fingerprint density at radius 2 is 2.05 bits per heavy atom. The Hall–Kier alpha value is -1.69. The van der Waals surface area contributed by atoms with Gasteiger partial charge in [0.2, 0.25) is 0 Å². The summed E-state index contributed by atoms with van der Waals surface area (Å²) in [6.45, 7) is 3.48. The van der Waals surface area contributed by atoms with Gasteiger partial charge in [0.1, 0.15) is 6.67 Å². The molecule has 3 heterocycles. The monoisotopic (exact) mass is 309 g/mol. The minimum Gasteiger partial charge on any atom is -0.338 e. The normalized spacial score (nSPS) is 14.0. The summed E-state index contributed by atoms with van der Waals surface area (Å²) in [5.74, 6) is 0.218. The quantitative estimate of drug-likeness (QED) is 0.854. The first kappa shape index (κ1) is 15.7. The molecule has 0 aliphatic carbocycles. The number of carbonyl (C=O) groups excluding carboxylic acids is 1. The van der Waals surface area contributed by atoms with Crippen LogP contribution in [-0.2, 0) is 13.7 Å². The minimum atomic E-state index is -0.434. The molecule has 0 radical (unpaired) electrons. The zero-order valence-corrected chi connectivity index (χ0v) is 13.2. The maximum Gasteiger partial charge on any atom is 0.263 e. The molecule has 0 atom stereocenters. The van der Waals surface area contributed by atoms with E-state index in [1.807, 2.05) is 24.0 Å². The Bertz CT molecular complexity index is 587. The molecule has 1 saturated heterocycles. The van der Waals surface area contributed by atoms with Crippen molar-refractivity contribution in [1.29, 1.82) is 0 Å². The number of rotatable bonds is 2. The van der Waals surface area contributed by atoms with Crippen molar-refractivity contribution in [3.63, 3.8) is 0 Å². The summed E-state index contributed by atoms with van der Waals surface area (Å²) in [6.07, 6.45) is 3.90. The van der Waals surface area contributed by atoms with Crippen LogP contribution in [0.1, 0.15) is 33.1 Å². The maximum atomic E-state index is 11.8. The molecule has 1 aliphatic rings. The van der Waals surface area contributed by atoms with E-state index in [2.05, 4.69) is 5.10 Å². The third-order valence-corrected chi connectivity index (χ3v) is 4.39. The van der Waals surface area contributed by atoms with Crippen LogP contribution >= 0.6 is 11.3 Å². The standard InChI is InChI=1S/C10H13NOS.C5H7FN2/c1-8-4-5-9(13-8)10(12)11-6-2-3-7-11;1-8-5(4-6)2-3-7-8/h4-5H,2-3,6-7H2,1H3;2-3H,4H2,1H3. The highest BCUT2D eigenvalue weighted by Crippen LogP contribution is 2.19. The average Bonchev–Trinajstić information content (AvgIpc) is 3.19. The molecule has 114 valence electrons. The zero-order chi connectivity index (χ0) is 15.2. The Kier molecular flexibility index (Phi) is 5.50. The van der Waals surface area contributed by atoms with Gasteiger partial charge >= 0.3 is 0 Å². The van der Waals surface area contributed by atoms with E-state index in [0.29, 0.717) is 5.69 Å². The van der Waals surface area contributed by atoms with E-state index in [0.717, 1.165) is 30.8 Å². The van der Waals surface area contributed by atoms with Crippen LogP contribution in [0.25, 0.3) is 0 Å². The van der Waals surface area contributed by atoms with Crippen molar-refractivity contribution in [2.45, 2.75) is 26.4 Å². The molecule has 3 rings (SSSR count). The maximum absolute atomic E-state index is 11.8. The van der Waals surface area contributed by atoms with Gasteiger partial charge < -0.3 is 4.90 Å². The Morgan fingerprint density at radius 3 is 2.48 bits per heavy atom. The lowest BCUT2D eigenvalue weighted by atomic mass is 10.4. The van der Waals surface area contributed by atoms with E-state index >= 15 is 0 Å². The van der Waals surface area contributed by atoms with Crippen LogP contribution in [0, 0.1) is 6.92 Å². The number of carbonyl (C=O) groups is 1. The predicted molar refractivity (Wildman–Crippen MR) is 82.2 cm³/mol. The molecular formula is C15H20FN3OS. The fourth-order valence-corrected chi connectivity index (χ4v) is 2.99. The SMILES string of the molecule is Cc1ccc(C(=O)N2CCCC2)s1.Cn1nccc1CF. The van der Waals surface area contributed by atoms with Crippen molar-refractivity contribution in [2.75, 3.05) is 13.1 Å².